The van der Waals surface area contributed by atoms with Gasteiger partial charge in [0.05, 0.1) is 18.9 Å². The van der Waals surface area contributed by atoms with Gasteiger partial charge in [-0.05, 0) is 49.2 Å². The minimum absolute atomic E-state index is 0. The Hall–Kier alpha value is -2.55. The number of hydrogen-bond acceptors (Lipinski definition) is 6. The molecule has 1 fully saturated rings. The van der Waals surface area contributed by atoms with Gasteiger partial charge in [-0.15, -0.1) is 12.4 Å². The lowest BCUT2D eigenvalue weighted by molar-refractivity contribution is -0.121. The van der Waals surface area contributed by atoms with Crippen molar-refractivity contribution in [2.45, 2.75) is 18.9 Å². The summed E-state index contributed by atoms with van der Waals surface area (Å²) >= 11 is 0. The number of benzene rings is 2. The molecule has 4 rings (SSSR count). The Morgan fingerprint density at radius 2 is 1.76 bits per heavy atom. The van der Waals surface area contributed by atoms with Gasteiger partial charge in [-0.1, -0.05) is 42.5 Å². The maximum absolute atomic E-state index is 13.1. The summed E-state index contributed by atoms with van der Waals surface area (Å²) in [4.78, 5) is 15.4. The Bertz CT molecular complexity index is 1080. The number of carbonyl (C=O) groups excluding carboxylic acids is 1. The predicted octanol–water partition coefficient (Wildman–Crippen LogP) is 3.18. The Morgan fingerprint density at radius 3 is 2.39 bits per heavy atom. The van der Waals surface area contributed by atoms with Crippen molar-refractivity contribution in [3.05, 3.63) is 71.5 Å². The number of nitrogens with zero attached hydrogens (tertiary/aromatic N) is 1. The molecule has 2 aliphatic heterocycles. The molecule has 178 valence electrons. The van der Waals surface area contributed by atoms with E-state index in [-0.39, 0.29) is 41.5 Å². The number of ether oxygens (including phenoxy) is 2. The smallest absolute Gasteiger partial charge is 0.287 e. The van der Waals surface area contributed by atoms with Crippen molar-refractivity contribution < 1.29 is 22.7 Å². The van der Waals surface area contributed by atoms with E-state index in [4.69, 9.17) is 9.47 Å². The third-order valence-corrected chi connectivity index (χ3v) is 7.64. The Morgan fingerprint density at radius 1 is 1.09 bits per heavy atom. The lowest BCUT2D eigenvalue weighted by atomic mass is 10.1. The fourth-order valence-electron chi connectivity index (χ4n) is 4.24. The normalized spacial score (nSPS) is 18.7. The molecule has 2 aromatic carbocycles. The highest BCUT2D eigenvalue weighted by Crippen LogP contribution is 2.31. The highest BCUT2D eigenvalue weighted by atomic mass is 35.5. The first kappa shape index (κ1) is 25.1. The number of carbonyl (C=O) groups is 1. The van der Waals surface area contributed by atoms with Crippen LogP contribution in [0.2, 0.25) is 0 Å². The van der Waals surface area contributed by atoms with Crippen molar-refractivity contribution >= 4 is 33.1 Å². The van der Waals surface area contributed by atoms with E-state index >= 15 is 0 Å². The topological polar surface area (TPSA) is 84.9 Å². The molecule has 1 N–H and O–H groups in total. The van der Waals surface area contributed by atoms with Crippen molar-refractivity contribution in [2.24, 2.45) is 0 Å². The van der Waals surface area contributed by atoms with Gasteiger partial charge in [-0.2, -0.15) is 0 Å². The summed E-state index contributed by atoms with van der Waals surface area (Å²) in [6, 6.07) is 16.5. The molecule has 0 radical (unpaired) electrons. The molecule has 7 nitrogen and oxygen atoms in total. The van der Waals surface area contributed by atoms with Gasteiger partial charge in [0.25, 0.3) is 5.91 Å². The summed E-state index contributed by atoms with van der Waals surface area (Å²) in [5, 5.41) is 2.93. The second kappa shape index (κ2) is 11.0. The summed E-state index contributed by atoms with van der Waals surface area (Å²) in [6.07, 6.45) is 2.23. The summed E-state index contributed by atoms with van der Waals surface area (Å²) in [7, 11) is -1.99. The maximum atomic E-state index is 13.1. The number of hydrogen-bond donors (Lipinski definition) is 1. The van der Waals surface area contributed by atoms with Crippen LogP contribution in [0.5, 0.6) is 5.75 Å². The van der Waals surface area contributed by atoms with Crippen molar-refractivity contribution in [1.29, 1.82) is 0 Å². The van der Waals surface area contributed by atoms with Crippen LogP contribution in [0.3, 0.4) is 0 Å². The first-order chi connectivity index (χ1) is 15.5. The SMILES string of the molecule is COc1ccc(C(CNC(=O)C2=C(c3ccccc3)S(=O)(=O)CCO2)N2CCCC2)cc1.Cl. The van der Waals surface area contributed by atoms with E-state index in [0.29, 0.717) is 12.1 Å². The fraction of sp³-hybridized carbons (Fsp3) is 0.375. The van der Waals surface area contributed by atoms with Gasteiger partial charge in [0.15, 0.2) is 9.84 Å². The van der Waals surface area contributed by atoms with E-state index < -0.39 is 15.7 Å². The van der Waals surface area contributed by atoms with Crippen LogP contribution in [0, 0.1) is 0 Å². The van der Waals surface area contributed by atoms with Crippen LogP contribution in [0.15, 0.2) is 60.4 Å². The maximum Gasteiger partial charge on any atom is 0.287 e. The van der Waals surface area contributed by atoms with Crippen LogP contribution in [-0.2, 0) is 19.4 Å². The van der Waals surface area contributed by atoms with Crippen molar-refractivity contribution in [3.8, 4) is 5.75 Å². The zero-order chi connectivity index (χ0) is 22.6. The quantitative estimate of drug-likeness (QED) is 0.639. The van der Waals surface area contributed by atoms with Gasteiger partial charge < -0.3 is 14.8 Å². The highest BCUT2D eigenvalue weighted by Gasteiger charge is 2.34. The molecule has 2 aliphatic rings. The van der Waals surface area contributed by atoms with Gasteiger partial charge in [0, 0.05) is 6.54 Å². The molecule has 33 heavy (non-hydrogen) atoms. The molecule has 0 aromatic heterocycles. The lowest BCUT2D eigenvalue weighted by Crippen LogP contribution is -2.39. The average Bonchev–Trinajstić information content (AvgIpc) is 3.34. The summed E-state index contributed by atoms with van der Waals surface area (Å²) < 4.78 is 36.4. The fourth-order valence-corrected chi connectivity index (χ4v) is 5.67. The molecule has 0 spiro atoms. The molecule has 1 amide bonds. The van der Waals surface area contributed by atoms with E-state index in [1.165, 1.54) is 0 Å². The molecule has 1 atom stereocenters. The molecule has 2 heterocycles. The van der Waals surface area contributed by atoms with E-state index in [2.05, 4.69) is 10.2 Å². The van der Waals surface area contributed by atoms with Crippen molar-refractivity contribution in [1.82, 2.24) is 10.2 Å². The van der Waals surface area contributed by atoms with Crippen molar-refractivity contribution in [3.63, 3.8) is 0 Å². The highest BCUT2D eigenvalue weighted by molar-refractivity contribution is 8.00. The summed E-state index contributed by atoms with van der Waals surface area (Å²) in [5.41, 5.74) is 1.53. The summed E-state index contributed by atoms with van der Waals surface area (Å²) in [5.74, 6) is -0.00499. The number of rotatable bonds is 7. The van der Waals surface area contributed by atoms with Crippen molar-refractivity contribution in [2.75, 3.05) is 39.1 Å². The van der Waals surface area contributed by atoms with Crippen LogP contribution in [0.4, 0.5) is 0 Å². The average molecular weight is 493 g/mol. The zero-order valence-electron chi connectivity index (χ0n) is 18.5. The van der Waals surface area contributed by atoms with E-state index in [1.807, 2.05) is 24.3 Å². The monoisotopic (exact) mass is 492 g/mol. The number of amides is 1. The molecule has 2 aromatic rings. The number of halogens is 1. The first-order valence-corrected chi connectivity index (χ1v) is 12.5. The predicted molar refractivity (Wildman–Crippen MR) is 130 cm³/mol. The third-order valence-electron chi connectivity index (χ3n) is 5.90. The largest absolute Gasteiger partial charge is 0.497 e. The molecular formula is C24H29ClN2O5S. The van der Waals surface area contributed by atoms with Crippen LogP contribution >= 0.6 is 12.4 Å². The van der Waals surface area contributed by atoms with Crippen LogP contribution in [0.25, 0.3) is 4.91 Å². The second-order valence-corrected chi connectivity index (χ2v) is 9.98. The molecule has 0 aliphatic carbocycles. The minimum Gasteiger partial charge on any atom is -0.497 e. The Labute approximate surface area is 201 Å². The van der Waals surface area contributed by atoms with E-state index in [0.717, 1.165) is 37.2 Å². The number of sulfone groups is 1. The van der Waals surface area contributed by atoms with E-state index in [9.17, 15) is 13.2 Å². The lowest BCUT2D eigenvalue weighted by Gasteiger charge is -2.29. The molecule has 0 saturated carbocycles. The van der Waals surface area contributed by atoms with Crippen LogP contribution in [0.1, 0.15) is 30.0 Å². The number of likely N-dealkylation sites (tertiary alicyclic amines) is 1. The molecule has 1 unspecified atom stereocenters. The van der Waals surface area contributed by atoms with Gasteiger partial charge in [0.2, 0.25) is 5.76 Å². The van der Waals surface area contributed by atoms with Crippen LogP contribution < -0.4 is 10.1 Å². The second-order valence-electron chi connectivity index (χ2n) is 7.93. The Kier molecular flexibility index (Phi) is 8.40. The summed E-state index contributed by atoms with van der Waals surface area (Å²) in [6.45, 7) is 2.22. The molecule has 1 saturated heterocycles. The minimum atomic E-state index is -3.62. The first-order valence-electron chi connectivity index (χ1n) is 10.8. The van der Waals surface area contributed by atoms with Gasteiger partial charge >= 0.3 is 0 Å². The van der Waals surface area contributed by atoms with E-state index in [1.54, 1.807) is 37.4 Å². The van der Waals surface area contributed by atoms with Gasteiger partial charge in [0.1, 0.15) is 17.3 Å². The molecule has 9 heteroatoms. The Balaban J connectivity index is 0.00000306. The molecular weight excluding hydrogens is 464 g/mol. The van der Waals surface area contributed by atoms with Gasteiger partial charge in [-0.25, -0.2) is 8.42 Å². The van der Waals surface area contributed by atoms with Crippen LogP contribution in [-0.4, -0.2) is 58.3 Å². The third kappa shape index (κ3) is 5.69. The number of methoxy groups -OCH3 is 1. The number of nitrogens with one attached hydrogen (secondary N) is 1. The van der Waals surface area contributed by atoms with Gasteiger partial charge in [-0.3, -0.25) is 9.69 Å². The zero-order valence-corrected chi connectivity index (χ0v) is 20.2. The molecule has 0 bridgehead atoms. The standard InChI is InChI=1S/C24H28N2O5S.ClH/c1-30-20-11-9-18(10-12-20)21(26-13-5-6-14-26)17-25-24(27)22-23(19-7-3-2-4-8-19)32(28,29)16-15-31-22;/h2-4,7-12,21H,5-6,13-17H2,1H3,(H,25,27);1H.